The summed E-state index contributed by atoms with van der Waals surface area (Å²) in [5.41, 5.74) is -0.874. The Kier molecular flexibility index (Phi) is 8.59. The summed E-state index contributed by atoms with van der Waals surface area (Å²) in [6.45, 7) is 1.22. The molecule has 0 aliphatic heterocycles. The average Bonchev–Trinajstić information content (AvgIpc) is 2.96. The molecule has 0 unspecified atom stereocenters. The smallest absolute Gasteiger partial charge is 0.379 e. The van der Waals surface area contributed by atoms with Crippen LogP contribution < -0.4 is 10.6 Å². The quantitative estimate of drug-likeness (QED) is 0.363. The van der Waals surface area contributed by atoms with E-state index in [0.717, 1.165) is 23.0 Å². The van der Waals surface area contributed by atoms with Gasteiger partial charge in [-0.25, -0.2) is 13.4 Å². The molecule has 1 heterocycles. The van der Waals surface area contributed by atoms with Gasteiger partial charge in [0.2, 0.25) is 0 Å². The van der Waals surface area contributed by atoms with Crippen LogP contribution in [0.25, 0.3) is 0 Å². The van der Waals surface area contributed by atoms with Crippen LogP contribution in [-0.2, 0) is 27.2 Å². The summed E-state index contributed by atoms with van der Waals surface area (Å²) in [6.07, 6.45) is -2.94. The van der Waals surface area contributed by atoms with Crippen LogP contribution in [0.3, 0.4) is 0 Å². The lowest BCUT2D eigenvalue weighted by Gasteiger charge is -2.11. The Balaban J connectivity index is 2.21. The molecule has 0 aliphatic carbocycles. The number of halogens is 3. The molecule has 0 radical (unpaired) electrons. The van der Waals surface area contributed by atoms with Gasteiger partial charge in [0.05, 0.1) is 24.0 Å². The molecule has 1 rings (SSSR count). The number of aliphatic imine (C=N–C) groups is 1. The Morgan fingerprint density at radius 1 is 1.32 bits per heavy atom. The van der Waals surface area contributed by atoms with Gasteiger partial charge in [-0.3, -0.25) is 4.99 Å². The zero-order valence-electron chi connectivity index (χ0n) is 13.9. The van der Waals surface area contributed by atoms with E-state index in [-0.39, 0.29) is 12.4 Å². The van der Waals surface area contributed by atoms with E-state index >= 15 is 0 Å². The molecule has 0 atom stereocenters. The first-order valence-corrected chi connectivity index (χ1v) is 10.3. The third kappa shape index (κ3) is 9.60. The fraction of sp³-hybridized carbons (Fsp3) is 0.692. The van der Waals surface area contributed by atoms with E-state index in [9.17, 15) is 21.6 Å². The standard InChI is InChI=1S/C13H21F3N4O3S2/c1-17-12(19-5-6-23-7-8-25(2,21)22)18-4-3-11-20-10(9-24-11)13(14,15)16/h9H,3-8H2,1-2H3,(H2,17,18,19). The molecule has 25 heavy (non-hydrogen) atoms. The van der Waals surface area contributed by atoms with Crippen LogP contribution in [0.4, 0.5) is 13.2 Å². The number of hydrogen-bond donors (Lipinski definition) is 2. The zero-order chi connectivity index (χ0) is 18.9. The van der Waals surface area contributed by atoms with Crippen molar-refractivity contribution >= 4 is 27.1 Å². The Morgan fingerprint density at radius 2 is 2.00 bits per heavy atom. The van der Waals surface area contributed by atoms with E-state index in [1.54, 1.807) is 7.05 Å². The summed E-state index contributed by atoms with van der Waals surface area (Å²) >= 11 is 0.964. The minimum absolute atomic E-state index is 0.0340. The molecule has 2 N–H and O–H groups in total. The molecule has 0 spiro atoms. The predicted octanol–water partition coefficient (Wildman–Crippen LogP) is 0.931. The van der Waals surface area contributed by atoms with Gasteiger partial charge in [-0.1, -0.05) is 0 Å². The van der Waals surface area contributed by atoms with Crippen molar-refractivity contribution in [3.63, 3.8) is 0 Å². The minimum Gasteiger partial charge on any atom is -0.379 e. The van der Waals surface area contributed by atoms with Crippen molar-refractivity contribution in [3.05, 3.63) is 16.1 Å². The van der Waals surface area contributed by atoms with E-state index < -0.39 is 21.7 Å². The number of rotatable bonds is 9. The van der Waals surface area contributed by atoms with E-state index in [0.29, 0.717) is 37.1 Å². The largest absolute Gasteiger partial charge is 0.434 e. The van der Waals surface area contributed by atoms with Crippen LogP contribution in [0.1, 0.15) is 10.7 Å². The molecule has 0 aromatic carbocycles. The monoisotopic (exact) mass is 402 g/mol. The number of thiazole rings is 1. The number of sulfone groups is 1. The van der Waals surface area contributed by atoms with Crippen LogP contribution in [0.15, 0.2) is 10.4 Å². The van der Waals surface area contributed by atoms with E-state index in [2.05, 4.69) is 20.6 Å². The van der Waals surface area contributed by atoms with E-state index in [1.165, 1.54) is 0 Å². The van der Waals surface area contributed by atoms with Crippen molar-refractivity contribution in [3.8, 4) is 0 Å². The number of guanidine groups is 1. The van der Waals surface area contributed by atoms with Crippen molar-refractivity contribution in [2.75, 3.05) is 45.4 Å². The van der Waals surface area contributed by atoms with E-state index in [1.807, 2.05) is 0 Å². The predicted molar refractivity (Wildman–Crippen MR) is 90.7 cm³/mol. The van der Waals surface area contributed by atoms with Gasteiger partial charge in [0.1, 0.15) is 9.84 Å². The lowest BCUT2D eigenvalue weighted by atomic mass is 10.4. The first-order valence-electron chi connectivity index (χ1n) is 7.33. The summed E-state index contributed by atoms with van der Waals surface area (Å²) in [5, 5.41) is 7.29. The van der Waals surface area contributed by atoms with Gasteiger partial charge in [0, 0.05) is 38.2 Å². The molecule has 0 saturated heterocycles. The van der Waals surface area contributed by atoms with Crippen molar-refractivity contribution in [2.45, 2.75) is 12.6 Å². The second-order valence-corrected chi connectivity index (χ2v) is 8.24. The first kappa shape index (κ1) is 21.6. The number of nitrogens with zero attached hydrogens (tertiary/aromatic N) is 2. The number of aromatic nitrogens is 1. The van der Waals surface area contributed by atoms with Crippen molar-refractivity contribution in [1.82, 2.24) is 15.6 Å². The summed E-state index contributed by atoms with van der Waals surface area (Å²) < 4.78 is 64.4. The molecule has 7 nitrogen and oxygen atoms in total. The number of nitrogens with one attached hydrogen (secondary N) is 2. The van der Waals surface area contributed by atoms with Gasteiger partial charge >= 0.3 is 6.18 Å². The second kappa shape index (κ2) is 9.92. The fourth-order valence-corrected chi connectivity index (χ4v) is 2.84. The molecule has 1 aromatic rings. The van der Waals surface area contributed by atoms with Crippen LogP contribution in [0.2, 0.25) is 0 Å². The number of alkyl halides is 3. The Labute approximate surface area is 148 Å². The van der Waals surface area contributed by atoms with Crippen molar-refractivity contribution in [2.24, 2.45) is 4.99 Å². The Morgan fingerprint density at radius 3 is 2.56 bits per heavy atom. The summed E-state index contributed by atoms with van der Waals surface area (Å²) in [6, 6.07) is 0. The topological polar surface area (TPSA) is 92.7 Å². The number of hydrogen-bond acceptors (Lipinski definition) is 6. The van der Waals surface area contributed by atoms with Crippen molar-refractivity contribution in [1.29, 1.82) is 0 Å². The van der Waals surface area contributed by atoms with Crippen LogP contribution in [-0.4, -0.2) is 64.7 Å². The maximum Gasteiger partial charge on any atom is 0.434 e. The molecule has 0 saturated carbocycles. The van der Waals surface area contributed by atoms with Gasteiger partial charge in [0.25, 0.3) is 0 Å². The summed E-state index contributed by atoms with van der Waals surface area (Å²) in [7, 11) is -1.47. The highest BCUT2D eigenvalue weighted by molar-refractivity contribution is 7.90. The lowest BCUT2D eigenvalue weighted by Crippen LogP contribution is -2.39. The second-order valence-electron chi connectivity index (χ2n) is 5.04. The summed E-state index contributed by atoms with van der Waals surface area (Å²) in [4.78, 5) is 7.51. The average molecular weight is 402 g/mol. The van der Waals surface area contributed by atoms with Gasteiger partial charge in [0.15, 0.2) is 11.7 Å². The van der Waals surface area contributed by atoms with Crippen LogP contribution in [0, 0.1) is 0 Å². The first-order chi connectivity index (χ1) is 11.6. The molecule has 0 fully saturated rings. The highest BCUT2D eigenvalue weighted by Crippen LogP contribution is 2.29. The molecule has 0 bridgehead atoms. The van der Waals surface area contributed by atoms with E-state index in [4.69, 9.17) is 4.74 Å². The molecule has 12 heteroatoms. The molecule has 0 amide bonds. The van der Waals surface area contributed by atoms with Gasteiger partial charge < -0.3 is 15.4 Å². The van der Waals surface area contributed by atoms with Crippen LogP contribution >= 0.6 is 11.3 Å². The molecule has 144 valence electrons. The minimum atomic E-state index is -4.42. The lowest BCUT2D eigenvalue weighted by molar-refractivity contribution is -0.140. The zero-order valence-corrected chi connectivity index (χ0v) is 15.5. The van der Waals surface area contributed by atoms with Crippen LogP contribution in [0.5, 0.6) is 0 Å². The maximum absolute atomic E-state index is 12.5. The SMILES string of the molecule is CN=C(NCCOCCS(C)(=O)=O)NCCc1nc(C(F)(F)F)cs1. The Bertz CT molecular complexity index is 660. The third-order valence-electron chi connectivity index (χ3n) is 2.83. The highest BCUT2D eigenvalue weighted by atomic mass is 32.2. The number of ether oxygens (including phenoxy) is 1. The summed E-state index contributed by atoms with van der Waals surface area (Å²) in [5.74, 6) is 0.438. The van der Waals surface area contributed by atoms with Gasteiger partial charge in [-0.05, 0) is 0 Å². The van der Waals surface area contributed by atoms with Gasteiger partial charge in [-0.2, -0.15) is 13.2 Å². The fourth-order valence-electron chi connectivity index (χ4n) is 1.62. The maximum atomic E-state index is 12.5. The Hall–Kier alpha value is -1.40. The molecule has 1 aromatic heterocycles. The molecule has 0 aliphatic rings. The molecular weight excluding hydrogens is 381 g/mol. The third-order valence-corrected chi connectivity index (χ3v) is 4.65. The van der Waals surface area contributed by atoms with Crippen molar-refractivity contribution < 1.29 is 26.3 Å². The highest BCUT2D eigenvalue weighted by Gasteiger charge is 2.33. The normalized spacial score (nSPS) is 13.1. The van der Waals surface area contributed by atoms with Gasteiger partial charge in [-0.15, -0.1) is 11.3 Å². The molecular formula is C13H21F3N4O3S2.